The molecule has 1 aliphatic carbocycles. The molecule has 1 saturated heterocycles. The van der Waals surface area contributed by atoms with Gasteiger partial charge in [0.05, 0.1) is 19.7 Å². The van der Waals surface area contributed by atoms with E-state index in [1.54, 1.807) is 26.8 Å². The molecule has 244 valence electrons. The van der Waals surface area contributed by atoms with Crippen molar-refractivity contribution in [3.05, 3.63) is 46.5 Å². The molecule has 0 bridgehead atoms. The van der Waals surface area contributed by atoms with Crippen LogP contribution in [-0.4, -0.2) is 88.8 Å². The first kappa shape index (κ1) is 32.6. The number of rotatable bonds is 3. The van der Waals surface area contributed by atoms with Crippen molar-refractivity contribution in [2.45, 2.75) is 88.9 Å². The van der Waals surface area contributed by atoms with Crippen molar-refractivity contribution in [2.75, 3.05) is 19.8 Å². The van der Waals surface area contributed by atoms with Gasteiger partial charge in [0.15, 0.2) is 0 Å². The molecule has 4 N–H and O–H groups in total. The number of halogens is 1. The lowest BCUT2D eigenvalue weighted by Crippen LogP contribution is -2.58. The van der Waals surface area contributed by atoms with Crippen LogP contribution in [0.5, 0.6) is 0 Å². The van der Waals surface area contributed by atoms with Gasteiger partial charge in [-0.2, -0.15) is 0 Å². The van der Waals surface area contributed by atoms with Gasteiger partial charge in [0.2, 0.25) is 17.7 Å². The predicted molar refractivity (Wildman–Crippen MR) is 162 cm³/mol. The van der Waals surface area contributed by atoms with Crippen LogP contribution in [0.2, 0.25) is 5.02 Å². The molecule has 45 heavy (non-hydrogen) atoms. The number of primary amides is 1. The van der Waals surface area contributed by atoms with E-state index in [4.69, 9.17) is 31.5 Å². The van der Waals surface area contributed by atoms with Crippen LogP contribution in [0.15, 0.2) is 30.4 Å². The maximum absolute atomic E-state index is 14.0. The topological polar surface area (TPSA) is 170 Å². The number of fused-ring (bicyclic) bond motifs is 3. The minimum atomic E-state index is -1.28. The predicted octanol–water partition coefficient (Wildman–Crippen LogP) is 2.38. The van der Waals surface area contributed by atoms with Crippen molar-refractivity contribution < 1.29 is 38.2 Å². The molecule has 5 amide bonds. The molecule has 1 aromatic rings. The summed E-state index contributed by atoms with van der Waals surface area (Å²) in [6.45, 7) is 5.68. The van der Waals surface area contributed by atoms with Crippen molar-refractivity contribution >= 4 is 41.5 Å². The molecule has 5 rings (SSSR count). The Balaban J connectivity index is 1.37. The minimum absolute atomic E-state index is 0.0276. The molecule has 0 spiro atoms. The maximum atomic E-state index is 14.0. The summed E-state index contributed by atoms with van der Waals surface area (Å²) in [5.74, 6) is -2.18. The van der Waals surface area contributed by atoms with E-state index in [0.29, 0.717) is 37.4 Å². The van der Waals surface area contributed by atoms with Gasteiger partial charge in [-0.25, -0.2) is 9.59 Å². The number of alkyl carbamates (subject to hydrolysis) is 1. The quantitative estimate of drug-likeness (QED) is 0.421. The normalized spacial score (nSPS) is 28.5. The monoisotopic (exact) mass is 645 g/mol. The lowest BCUT2D eigenvalue weighted by atomic mass is 10.1. The summed E-state index contributed by atoms with van der Waals surface area (Å²) in [5.41, 5.74) is 5.39. The third kappa shape index (κ3) is 7.36. The molecule has 0 aromatic heterocycles. The van der Waals surface area contributed by atoms with Crippen LogP contribution in [0.4, 0.5) is 9.59 Å². The highest BCUT2D eigenvalue weighted by atomic mass is 35.5. The number of carbonyl (C=O) groups excluding carboxylic acids is 5. The van der Waals surface area contributed by atoms with Crippen LogP contribution in [0, 0.1) is 5.92 Å². The largest absolute Gasteiger partial charge is 0.444 e. The Labute approximate surface area is 266 Å². The average Bonchev–Trinajstić information content (AvgIpc) is 3.27. The fraction of sp³-hybridized carbons (Fsp3) is 0.581. The zero-order valence-corrected chi connectivity index (χ0v) is 26.4. The number of amides is 5. The third-order valence-electron chi connectivity index (χ3n) is 8.40. The molecule has 5 atom stereocenters. The van der Waals surface area contributed by atoms with Gasteiger partial charge in [-0.05, 0) is 57.2 Å². The molecule has 4 aliphatic rings. The Hall–Kier alpha value is -3.84. The Morgan fingerprint density at radius 2 is 1.98 bits per heavy atom. The first-order valence-electron chi connectivity index (χ1n) is 15.2. The molecular formula is C31H40ClN5O8. The highest BCUT2D eigenvalue weighted by molar-refractivity contribution is 6.31. The minimum Gasteiger partial charge on any atom is -0.444 e. The molecular weight excluding hydrogens is 606 g/mol. The van der Waals surface area contributed by atoms with E-state index in [9.17, 15) is 24.0 Å². The number of nitrogens with one attached hydrogen (secondary N) is 2. The van der Waals surface area contributed by atoms with Crippen LogP contribution < -0.4 is 16.4 Å². The summed E-state index contributed by atoms with van der Waals surface area (Å²) in [4.78, 5) is 69.0. The number of carbonyl (C=O) groups is 5. The van der Waals surface area contributed by atoms with Gasteiger partial charge >= 0.3 is 12.2 Å². The van der Waals surface area contributed by atoms with E-state index >= 15 is 0 Å². The summed E-state index contributed by atoms with van der Waals surface area (Å²) in [6.07, 6.45) is 3.06. The van der Waals surface area contributed by atoms with Gasteiger partial charge in [0.1, 0.15) is 29.3 Å². The SMILES string of the molecule is CC(C)(C)OC(=O)N[C@H]1COCCCC=C[C@@H]2C[C@@]2(C(N)=O)NC(=O)[C@@H]2C[C@@H](OC(=O)N3Cc4cccc(Cl)c4C3)CN2C1=O. The summed E-state index contributed by atoms with van der Waals surface area (Å²) in [5, 5.41) is 5.93. The average molecular weight is 646 g/mol. The van der Waals surface area contributed by atoms with E-state index in [-0.39, 0.29) is 32.0 Å². The van der Waals surface area contributed by atoms with Gasteiger partial charge < -0.3 is 35.5 Å². The van der Waals surface area contributed by atoms with Crippen molar-refractivity contribution in [1.82, 2.24) is 20.4 Å². The number of nitrogens with zero attached hydrogens (tertiary/aromatic N) is 2. The fourth-order valence-corrected chi connectivity index (χ4v) is 6.26. The number of benzene rings is 1. The zero-order chi connectivity index (χ0) is 32.5. The third-order valence-corrected chi connectivity index (χ3v) is 8.76. The van der Waals surface area contributed by atoms with E-state index in [1.165, 1.54) is 9.80 Å². The Morgan fingerprint density at radius 1 is 1.20 bits per heavy atom. The van der Waals surface area contributed by atoms with Crippen LogP contribution in [-0.2, 0) is 41.7 Å². The second-order valence-electron chi connectivity index (χ2n) is 13.0. The second kappa shape index (κ2) is 12.9. The maximum Gasteiger partial charge on any atom is 0.410 e. The van der Waals surface area contributed by atoms with E-state index in [0.717, 1.165) is 11.1 Å². The van der Waals surface area contributed by atoms with Crippen molar-refractivity contribution in [3.63, 3.8) is 0 Å². The number of nitrogens with two attached hydrogens (primary N) is 1. The first-order chi connectivity index (χ1) is 21.3. The molecule has 14 heteroatoms. The van der Waals surface area contributed by atoms with Crippen LogP contribution in [0.25, 0.3) is 0 Å². The summed E-state index contributed by atoms with van der Waals surface area (Å²) in [7, 11) is 0. The number of hydrogen-bond acceptors (Lipinski definition) is 8. The fourth-order valence-electron chi connectivity index (χ4n) is 6.00. The van der Waals surface area contributed by atoms with Gasteiger partial charge in [-0.15, -0.1) is 0 Å². The van der Waals surface area contributed by atoms with Crippen LogP contribution in [0.1, 0.15) is 57.6 Å². The molecule has 3 aliphatic heterocycles. The van der Waals surface area contributed by atoms with Crippen LogP contribution >= 0.6 is 11.6 Å². The van der Waals surface area contributed by atoms with Gasteiger partial charge in [0.25, 0.3) is 0 Å². The standard InChI is InChI=1S/C31H40ClN5O8/c1-30(2,3)45-28(41)34-23-17-43-11-6-4-5-9-19-13-31(19,27(33)40)35-25(38)24-12-20(15-37(24)26(23)39)44-29(42)36-14-18-8-7-10-22(32)21(18)16-36/h5,7-10,19-20,23-24H,4,6,11-17H2,1-3H3,(H2,33,40)(H,34,41)(H,35,38)/t19-,20-,23+,24+,31-/m1/s1. The second-order valence-corrected chi connectivity index (χ2v) is 13.4. The van der Waals surface area contributed by atoms with Crippen LogP contribution in [0.3, 0.4) is 0 Å². The number of allylic oxidation sites excluding steroid dienone is 1. The van der Waals surface area contributed by atoms with Crippen molar-refractivity contribution in [3.8, 4) is 0 Å². The molecule has 2 fully saturated rings. The number of hydrogen-bond donors (Lipinski definition) is 3. The Bertz CT molecular complexity index is 1400. The number of ether oxygens (including phenoxy) is 3. The van der Waals surface area contributed by atoms with E-state index in [2.05, 4.69) is 10.6 Å². The highest BCUT2D eigenvalue weighted by Gasteiger charge is 2.60. The van der Waals surface area contributed by atoms with Crippen molar-refractivity contribution in [2.24, 2.45) is 11.7 Å². The zero-order valence-electron chi connectivity index (χ0n) is 25.7. The van der Waals surface area contributed by atoms with E-state index < -0.39 is 59.2 Å². The van der Waals surface area contributed by atoms with E-state index in [1.807, 2.05) is 24.3 Å². The van der Waals surface area contributed by atoms with Gasteiger partial charge in [-0.1, -0.05) is 35.9 Å². The molecule has 0 radical (unpaired) electrons. The lowest BCUT2D eigenvalue weighted by Gasteiger charge is -2.30. The highest BCUT2D eigenvalue weighted by Crippen LogP contribution is 2.45. The van der Waals surface area contributed by atoms with Gasteiger partial charge in [-0.3, -0.25) is 19.3 Å². The first-order valence-corrected chi connectivity index (χ1v) is 15.5. The summed E-state index contributed by atoms with van der Waals surface area (Å²) >= 11 is 6.32. The summed E-state index contributed by atoms with van der Waals surface area (Å²) in [6, 6.07) is 3.15. The molecule has 0 unspecified atom stereocenters. The lowest BCUT2D eigenvalue weighted by molar-refractivity contribution is -0.142. The molecule has 1 aromatic carbocycles. The van der Waals surface area contributed by atoms with Crippen molar-refractivity contribution in [1.29, 1.82) is 0 Å². The smallest absolute Gasteiger partial charge is 0.410 e. The Morgan fingerprint density at radius 3 is 2.69 bits per heavy atom. The molecule has 3 heterocycles. The molecule has 13 nitrogen and oxygen atoms in total. The van der Waals surface area contributed by atoms with Gasteiger partial charge in [0, 0.05) is 30.5 Å². The Kier molecular flexibility index (Phi) is 9.31. The molecule has 1 saturated carbocycles. The summed E-state index contributed by atoms with van der Waals surface area (Å²) < 4.78 is 17.0.